The van der Waals surface area contributed by atoms with Crippen molar-refractivity contribution < 1.29 is 47.2 Å². The zero-order valence-electron chi connectivity index (χ0n) is 18.2. The van der Waals surface area contributed by atoms with Crippen LogP contribution in [0, 0.1) is 0 Å². The molecule has 2 aromatic carbocycles. The number of esters is 2. The Morgan fingerprint density at radius 3 is 1.76 bits per heavy atom. The quantitative estimate of drug-likeness (QED) is 0.305. The van der Waals surface area contributed by atoms with E-state index in [9.17, 15) is 9.59 Å². The number of carbonyl (C=O) groups is 2. The van der Waals surface area contributed by atoms with Crippen LogP contribution < -0.4 is 0 Å². The molecule has 9 heteroatoms. The number of benzene rings is 2. The van der Waals surface area contributed by atoms with Crippen LogP contribution in [-0.4, -0.2) is 51.8 Å². The normalized spacial score (nSPS) is 13.9. The van der Waals surface area contributed by atoms with Crippen LogP contribution in [-0.2, 0) is 21.2 Å². The summed E-state index contributed by atoms with van der Waals surface area (Å²) in [5.74, 6) is -1.28. The van der Waals surface area contributed by atoms with E-state index < -0.39 is 11.9 Å². The van der Waals surface area contributed by atoms with Gasteiger partial charge in [0.25, 0.3) is 0 Å². The molecule has 2 heterocycles. The minimum Gasteiger partial charge on any atom is -0.412 e. The Bertz CT molecular complexity index is 880. The van der Waals surface area contributed by atoms with Crippen molar-refractivity contribution in [3.63, 3.8) is 0 Å². The Morgan fingerprint density at radius 1 is 0.848 bits per heavy atom. The molecule has 1 aromatic heterocycles. The number of aromatic nitrogens is 1. The third-order valence-corrected chi connectivity index (χ3v) is 4.79. The summed E-state index contributed by atoms with van der Waals surface area (Å²) >= 11 is 0. The van der Waals surface area contributed by atoms with Gasteiger partial charge in [-0.15, -0.1) is 0 Å². The fraction of sp³-hybridized carbons (Fsp3) is 0.208. The van der Waals surface area contributed by atoms with Gasteiger partial charge in [-0.25, -0.2) is 9.59 Å². The predicted molar refractivity (Wildman–Crippen MR) is 122 cm³/mol. The van der Waals surface area contributed by atoms with Crippen LogP contribution in [0.5, 0.6) is 0 Å². The van der Waals surface area contributed by atoms with Gasteiger partial charge in [0.2, 0.25) is 0 Å². The van der Waals surface area contributed by atoms with Gasteiger partial charge in [-0.1, -0.05) is 42.5 Å². The first-order valence-corrected chi connectivity index (χ1v) is 9.62. The van der Waals surface area contributed by atoms with Gasteiger partial charge in [-0.2, -0.15) is 0 Å². The number of carbonyl (C=O) groups excluding carboxylic acids is 2. The maximum absolute atomic E-state index is 11.6. The van der Waals surface area contributed by atoms with Crippen molar-refractivity contribution in [2.45, 2.75) is 18.9 Å². The zero-order valence-corrected chi connectivity index (χ0v) is 19.2. The van der Waals surface area contributed by atoms with Gasteiger partial charge in [0.15, 0.2) is 0 Å². The smallest absolute Gasteiger partial charge is 0.412 e. The molecule has 1 fully saturated rings. The third-order valence-electron chi connectivity index (χ3n) is 4.79. The van der Waals surface area contributed by atoms with E-state index in [2.05, 4.69) is 23.0 Å². The van der Waals surface area contributed by atoms with Crippen molar-refractivity contribution in [1.82, 2.24) is 9.88 Å². The van der Waals surface area contributed by atoms with Crippen LogP contribution >= 0.6 is 0 Å². The molecule has 0 radical (unpaired) electrons. The molecule has 3 aromatic rings. The average Bonchev–Trinajstić information content (AvgIpc) is 3.22. The average molecular weight is 501 g/mol. The Hall–Kier alpha value is -2.94. The topological polar surface area (TPSA) is 154 Å². The fourth-order valence-electron chi connectivity index (χ4n) is 3.26. The molecular weight excluding hydrogens is 471 g/mol. The predicted octanol–water partition coefficient (Wildman–Crippen LogP) is 2.06. The van der Waals surface area contributed by atoms with Crippen molar-refractivity contribution in [3.05, 3.63) is 102 Å². The van der Waals surface area contributed by atoms with Crippen molar-refractivity contribution >= 4 is 11.9 Å². The summed E-state index contributed by atoms with van der Waals surface area (Å²) in [6.45, 7) is 1.22. The van der Waals surface area contributed by atoms with Crippen LogP contribution in [0.15, 0.2) is 85.2 Å². The molecular formula is C24H30N2NiO6+2. The van der Waals surface area contributed by atoms with Gasteiger partial charge >= 0.3 is 28.4 Å². The summed E-state index contributed by atoms with van der Waals surface area (Å²) in [4.78, 5) is 29.7. The van der Waals surface area contributed by atoms with Crippen molar-refractivity contribution in [3.8, 4) is 0 Å². The number of rotatable bonds is 3. The van der Waals surface area contributed by atoms with Gasteiger partial charge in [0, 0.05) is 18.4 Å². The second-order valence-corrected chi connectivity index (χ2v) is 6.83. The first-order chi connectivity index (χ1) is 14.1. The van der Waals surface area contributed by atoms with E-state index >= 15 is 0 Å². The molecule has 0 amide bonds. The minimum absolute atomic E-state index is 0. The second-order valence-electron chi connectivity index (χ2n) is 6.83. The van der Waals surface area contributed by atoms with Gasteiger partial charge in [0.1, 0.15) is 0 Å². The molecule has 0 saturated carbocycles. The molecule has 180 valence electrons. The van der Waals surface area contributed by atoms with Gasteiger partial charge in [-0.05, 0) is 62.3 Å². The van der Waals surface area contributed by atoms with E-state index in [1.54, 1.807) is 60.7 Å². The van der Waals surface area contributed by atoms with Crippen LogP contribution in [0.2, 0.25) is 0 Å². The number of hydrogen-bond donors (Lipinski definition) is 0. The van der Waals surface area contributed by atoms with Crippen LogP contribution in [0.3, 0.4) is 0 Å². The fourth-order valence-corrected chi connectivity index (χ4v) is 3.26. The number of hydrogen-bond acceptors (Lipinski definition) is 5. The summed E-state index contributed by atoms with van der Waals surface area (Å²) < 4.78 is 4.74. The number of ether oxygens (including phenoxy) is 1. The molecule has 0 aliphatic carbocycles. The number of nitrogens with zero attached hydrogens (tertiary/aromatic N) is 2. The van der Waals surface area contributed by atoms with Gasteiger partial charge < -0.3 is 21.2 Å². The van der Waals surface area contributed by atoms with Crippen molar-refractivity contribution in [1.29, 1.82) is 0 Å². The summed E-state index contributed by atoms with van der Waals surface area (Å²) in [6.07, 6.45) is 6.41. The molecule has 0 bridgehead atoms. The number of pyridine rings is 1. The Labute approximate surface area is 203 Å². The first-order valence-electron chi connectivity index (χ1n) is 9.62. The summed E-state index contributed by atoms with van der Waals surface area (Å²) in [5.41, 5.74) is 2.08. The minimum atomic E-state index is -0.639. The maximum Gasteiger partial charge on any atom is 2.00 e. The van der Waals surface area contributed by atoms with Crippen molar-refractivity contribution in [2.75, 3.05) is 13.6 Å². The van der Waals surface area contributed by atoms with E-state index in [0.717, 1.165) is 0 Å². The molecule has 1 atom stereocenters. The Kier molecular flexibility index (Phi) is 16.3. The molecule has 1 saturated heterocycles. The molecule has 1 unspecified atom stereocenters. The monoisotopic (exact) mass is 500 g/mol. The molecule has 0 spiro atoms. The zero-order chi connectivity index (χ0) is 20.5. The number of likely N-dealkylation sites (tertiary alicyclic amines) is 1. The van der Waals surface area contributed by atoms with Crippen LogP contribution in [0.1, 0.15) is 45.2 Å². The Morgan fingerprint density at radius 2 is 1.36 bits per heavy atom. The first kappa shape index (κ1) is 32.2. The Balaban J connectivity index is 0. The molecule has 6 N–H and O–H groups in total. The van der Waals surface area contributed by atoms with Crippen LogP contribution in [0.4, 0.5) is 0 Å². The summed E-state index contributed by atoms with van der Waals surface area (Å²) in [7, 11) is 2.19. The maximum atomic E-state index is 11.6. The third kappa shape index (κ3) is 9.61. The van der Waals surface area contributed by atoms with E-state index in [-0.39, 0.29) is 32.9 Å². The van der Waals surface area contributed by atoms with Crippen LogP contribution in [0.25, 0.3) is 0 Å². The molecule has 1 aliphatic rings. The SMILES string of the molecule is CN1CCCC1c1cccnc1.O.O.O.O=C(OC(=O)c1ccccc1)c1ccccc1.[Ni+2]. The standard InChI is InChI=1S/C14H10O3.C10H14N2.Ni.3H2O/c15-13(11-7-3-1-4-8-11)17-14(16)12-9-5-2-6-10-12;1-12-7-3-5-10(12)9-4-2-6-11-8-9;;;;/h1-10H;2,4,6,8,10H,3,5,7H2,1H3;;3*1H2/q;;+2;;;. The molecule has 8 nitrogen and oxygen atoms in total. The summed E-state index contributed by atoms with van der Waals surface area (Å²) in [6, 6.07) is 21.6. The second kappa shape index (κ2) is 16.7. The van der Waals surface area contributed by atoms with E-state index in [1.807, 2.05) is 18.5 Å². The molecule has 4 rings (SSSR count). The largest absolute Gasteiger partial charge is 2.00 e. The van der Waals surface area contributed by atoms with Gasteiger partial charge in [-0.3, -0.25) is 9.88 Å². The van der Waals surface area contributed by atoms with E-state index in [0.29, 0.717) is 17.2 Å². The van der Waals surface area contributed by atoms with Gasteiger partial charge in [0.05, 0.1) is 11.1 Å². The van der Waals surface area contributed by atoms with E-state index in [1.165, 1.54) is 24.9 Å². The summed E-state index contributed by atoms with van der Waals surface area (Å²) in [5, 5.41) is 0. The van der Waals surface area contributed by atoms with Crippen molar-refractivity contribution in [2.24, 2.45) is 0 Å². The molecule has 33 heavy (non-hydrogen) atoms. The molecule has 1 aliphatic heterocycles. The van der Waals surface area contributed by atoms with E-state index in [4.69, 9.17) is 4.74 Å².